The van der Waals surface area contributed by atoms with E-state index in [0.29, 0.717) is 0 Å². The molecule has 102 valence electrons. The van der Waals surface area contributed by atoms with Crippen molar-refractivity contribution in [3.05, 3.63) is 45.7 Å². The van der Waals surface area contributed by atoms with Crippen molar-refractivity contribution in [3.8, 4) is 0 Å². The van der Waals surface area contributed by atoms with E-state index in [1.165, 1.54) is 16.9 Å². The van der Waals surface area contributed by atoms with Crippen molar-refractivity contribution in [3.63, 3.8) is 0 Å². The molecule has 0 N–H and O–H groups in total. The molecule has 0 fully saturated rings. The molecule has 1 aromatic carbocycles. The summed E-state index contributed by atoms with van der Waals surface area (Å²) in [4.78, 5) is 2.24. The van der Waals surface area contributed by atoms with Gasteiger partial charge in [-0.2, -0.15) is 5.10 Å². The Morgan fingerprint density at radius 3 is 2.42 bits per heavy atom. The molecule has 0 aliphatic rings. The van der Waals surface area contributed by atoms with Gasteiger partial charge in [0.25, 0.3) is 0 Å². The van der Waals surface area contributed by atoms with Gasteiger partial charge in [-0.05, 0) is 41.4 Å². The lowest BCUT2D eigenvalue weighted by atomic mass is 10.2. The summed E-state index contributed by atoms with van der Waals surface area (Å²) in [6.07, 6.45) is 0.947. The summed E-state index contributed by atoms with van der Waals surface area (Å²) in [5.41, 5.74) is 4.83. The van der Waals surface area contributed by atoms with E-state index in [2.05, 4.69) is 71.1 Å². The molecule has 3 nitrogen and oxygen atoms in total. The van der Waals surface area contributed by atoms with E-state index in [1.807, 2.05) is 11.7 Å². The van der Waals surface area contributed by atoms with Crippen molar-refractivity contribution in [1.82, 2.24) is 9.78 Å². The highest BCUT2D eigenvalue weighted by Gasteiger charge is 2.14. The standard InChI is InChI=1S/C15H20BrN3/c1-5-13-15(16)14(19(4)17-13)10-18(3)12-8-6-11(2)7-9-12/h6-9H,5,10H2,1-4H3. The van der Waals surface area contributed by atoms with Crippen LogP contribution in [0.1, 0.15) is 23.9 Å². The summed E-state index contributed by atoms with van der Waals surface area (Å²) in [6.45, 7) is 5.07. The van der Waals surface area contributed by atoms with Crippen LogP contribution in [-0.4, -0.2) is 16.8 Å². The lowest BCUT2D eigenvalue weighted by Crippen LogP contribution is -2.18. The van der Waals surface area contributed by atoms with Crippen LogP contribution in [0.2, 0.25) is 0 Å². The lowest BCUT2D eigenvalue weighted by Gasteiger charge is -2.19. The maximum atomic E-state index is 4.53. The van der Waals surface area contributed by atoms with Crippen LogP contribution in [0, 0.1) is 6.92 Å². The molecule has 0 saturated heterocycles. The zero-order valence-corrected chi connectivity index (χ0v) is 13.5. The Kier molecular flexibility index (Phi) is 4.30. The van der Waals surface area contributed by atoms with Gasteiger partial charge in [0, 0.05) is 19.8 Å². The van der Waals surface area contributed by atoms with Crippen LogP contribution < -0.4 is 4.90 Å². The fraction of sp³-hybridized carbons (Fsp3) is 0.400. The number of halogens is 1. The quantitative estimate of drug-likeness (QED) is 0.856. The minimum Gasteiger partial charge on any atom is -0.369 e. The molecule has 0 saturated carbocycles. The number of benzene rings is 1. The zero-order valence-electron chi connectivity index (χ0n) is 11.9. The van der Waals surface area contributed by atoms with E-state index >= 15 is 0 Å². The van der Waals surface area contributed by atoms with Gasteiger partial charge in [-0.3, -0.25) is 4.68 Å². The highest BCUT2D eigenvalue weighted by atomic mass is 79.9. The Morgan fingerprint density at radius 2 is 1.89 bits per heavy atom. The topological polar surface area (TPSA) is 21.1 Å². The second-order valence-corrected chi connectivity index (χ2v) is 5.67. The molecule has 0 radical (unpaired) electrons. The third-order valence-electron chi connectivity index (χ3n) is 3.36. The first-order chi connectivity index (χ1) is 9.02. The van der Waals surface area contributed by atoms with Crippen molar-refractivity contribution in [2.24, 2.45) is 7.05 Å². The second-order valence-electron chi connectivity index (χ2n) is 4.88. The summed E-state index contributed by atoms with van der Waals surface area (Å²) in [5, 5.41) is 4.53. The number of aromatic nitrogens is 2. The number of anilines is 1. The summed E-state index contributed by atoms with van der Waals surface area (Å²) in [7, 11) is 4.11. The molecule has 1 heterocycles. The van der Waals surface area contributed by atoms with Crippen molar-refractivity contribution in [1.29, 1.82) is 0 Å². The molecule has 19 heavy (non-hydrogen) atoms. The number of rotatable bonds is 4. The molecule has 0 unspecified atom stereocenters. The van der Waals surface area contributed by atoms with Gasteiger partial charge in [-0.15, -0.1) is 0 Å². The van der Waals surface area contributed by atoms with E-state index in [0.717, 1.165) is 23.1 Å². The molecule has 0 bridgehead atoms. The minimum absolute atomic E-state index is 0.840. The van der Waals surface area contributed by atoms with Crippen LogP contribution >= 0.6 is 15.9 Å². The van der Waals surface area contributed by atoms with Crippen molar-refractivity contribution >= 4 is 21.6 Å². The highest BCUT2D eigenvalue weighted by Crippen LogP contribution is 2.24. The van der Waals surface area contributed by atoms with Crippen LogP contribution in [0.5, 0.6) is 0 Å². The molecule has 4 heteroatoms. The summed E-state index contributed by atoms with van der Waals surface area (Å²) in [6, 6.07) is 8.59. The van der Waals surface area contributed by atoms with Gasteiger partial charge in [0.05, 0.1) is 22.4 Å². The molecular formula is C15H20BrN3. The highest BCUT2D eigenvalue weighted by molar-refractivity contribution is 9.10. The van der Waals surface area contributed by atoms with Crippen molar-refractivity contribution in [2.45, 2.75) is 26.8 Å². The molecule has 2 aromatic rings. The van der Waals surface area contributed by atoms with E-state index in [4.69, 9.17) is 0 Å². The Bertz CT molecular complexity index is 558. The Labute approximate surface area is 123 Å². The number of aryl methyl sites for hydroxylation is 3. The van der Waals surface area contributed by atoms with E-state index < -0.39 is 0 Å². The van der Waals surface area contributed by atoms with Crippen LogP contribution in [0.15, 0.2) is 28.7 Å². The summed E-state index contributed by atoms with van der Waals surface area (Å²) < 4.78 is 3.10. The smallest absolute Gasteiger partial charge is 0.0767 e. The van der Waals surface area contributed by atoms with E-state index in [-0.39, 0.29) is 0 Å². The van der Waals surface area contributed by atoms with Crippen LogP contribution in [0.25, 0.3) is 0 Å². The SMILES string of the molecule is CCc1nn(C)c(CN(C)c2ccc(C)cc2)c1Br. The average Bonchev–Trinajstić information content (AvgIpc) is 2.67. The van der Waals surface area contributed by atoms with E-state index in [1.54, 1.807) is 0 Å². The van der Waals surface area contributed by atoms with Gasteiger partial charge in [0.2, 0.25) is 0 Å². The maximum Gasteiger partial charge on any atom is 0.0767 e. The molecule has 0 spiro atoms. The van der Waals surface area contributed by atoms with Gasteiger partial charge < -0.3 is 4.90 Å². The zero-order chi connectivity index (χ0) is 14.0. The van der Waals surface area contributed by atoms with Crippen LogP contribution in [0.4, 0.5) is 5.69 Å². The molecule has 0 atom stereocenters. The van der Waals surface area contributed by atoms with Crippen molar-refractivity contribution in [2.75, 3.05) is 11.9 Å². The first-order valence-electron chi connectivity index (χ1n) is 6.51. The normalized spacial score (nSPS) is 10.8. The molecule has 2 rings (SSSR count). The number of hydrogen-bond donors (Lipinski definition) is 0. The first kappa shape index (κ1) is 14.1. The molecule has 0 aliphatic heterocycles. The largest absolute Gasteiger partial charge is 0.369 e. The first-order valence-corrected chi connectivity index (χ1v) is 7.30. The van der Waals surface area contributed by atoms with E-state index in [9.17, 15) is 0 Å². The minimum atomic E-state index is 0.840. The van der Waals surface area contributed by atoms with Gasteiger partial charge >= 0.3 is 0 Å². The third kappa shape index (κ3) is 3.00. The van der Waals surface area contributed by atoms with Crippen LogP contribution in [0.3, 0.4) is 0 Å². The Balaban J connectivity index is 2.21. The predicted molar refractivity (Wildman–Crippen MR) is 83.6 cm³/mol. The average molecular weight is 322 g/mol. The van der Waals surface area contributed by atoms with Gasteiger partial charge in [0.15, 0.2) is 0 Å². The lowest BCUT2D eigenvalue weighted by molar-refractivity contribution is 0.688. The fourth-order valence-electron chi connectivity index (χ4n) is 2.11. The second kappa shape index (κ2) is 5.78. The van der Waals surface area contributed by atoms with Gasteiger partial charge in [-0.1, -0.05) is 24.6 Å². The summed E-state index contributed by atoms with van der Waals surface area (Å²) >= 11 is 3.66. The molecule has 0 amide bonds. The fourth-order valence-corrected chi connectivity index (χ4v) is 2.85. The van der Waals surface area contributed by atoms with Crippen LogP contribution in [-0.2, 0) is 20.0 Å². The van der Waals surface area contributed by atoms with Crippen molar-refractivity contribution < 1.29 is 0 Å². The predicted octanol–water partition coefficient (Wildman–Crippen LogP) is 3.69. The molecular weight excluding hydrogens is 302 g/mol. The summed E-state index contributed by atoms with van der Waals surface area (Å²) in [5.74, 6) is 0. The van der Waals surface area contributed by atoms with Gasteiger partial charge in [-0.25, -0.2) is 0 Å². The maximum absolute atomic E-state index is 4.53. The Morgan fingerprint density at radius 1 is 1.26 bits per heavy atom. The molecule has 1 aromatic heterocycles. The third-order valence-corrected chi connectivity index (χ3v) is 4.28. The van der Waals surface area contributed by atoms with Gasteiger partial charge in [0.1, 0.15) is 0 Å². The molecule has 0 aliphatic carbocycles. The Hall–Kier alpha value is -1.29. The monoisotopic (exact) mass is 321 g/mol. The number of nitrogens with zero attached hydrogens (tertiary/aromatic N) is 3. The number of hydrogen-bond acceptors (Lipinski definition) is 2.